The van der Waals surface area contributed by atoms with Gasteiger partial charge < -0.3 is 20.1 Å². The molecule has 8 nitrogen and oxygen atoms in total. The van der Waals surface area contributed by atoms with Gasteiger partial charge in [0.25, 0.3) is 5.91 Å². The number of carbonyl (C=O) groups is 3. The van der Waals surface area contributed by atoms with Gasteiger partial charge in [0.15, 0.2) is 11.5 Å². The predicted octanol–water partition coefficient (Wildman–Crippen LogP) is 0.461. The summed E-state index contributed by atoms with van der Waals surface area (Å²) >= 11 is 0. The summed E-state index contributed by atoms with van der Waals surface area (Å²) in [7, 11) is 0. The first kappa shape index (κ1) is 14.8. The zero-order valence-corrected chi connectivity index (χ0v) is 13.1. The molecule has 1 saturated heterocycles. The summed E-state index contributed by atoms with van der Waals surface area (Å²) in [5, 5.41) is 5.45. The number of fused-ring (bicyclic) bond motifs is 1. The highest BCUT2D eigenvalue weighted by Gasteiger charge is 2.50. The van der Waals surface area contributed by atoms with Gasteiger partial charge in [0, 0.05) is 6.04 Å². The number of hydrogen-bond donors (Lipinski definition) is 2. The monoisotopic (exact) mass is 331 g/mol. The molecular weight excluding hydrogens is 314 g/mol. The SMILES string of the molecule is C[C@]1(c2ccc3c(c2)OCO3)NC(=O)N(CC(=O)NC2CC2)C1=O. The number of amides is 4. The topological polar surface area (TPSA) is 97.0 Å². The number of imide groups is 1. The predicted molar refractivity (Wildman–Crippen MR) is 81.3 cm³/mol. The average Bonchev–Trinajstić information content (AvgIpc) is 3.18. The van der Waals surface area contributed by atoms with Crippen molar-refractivity contribution in [3.63, 3.8) is 0 Å². The third-order valence-electron chi connectivity index (χ3n) is 4.47. The van der Waals surface area contributed by atoms with Crippen molar-refractivity contribution in [2.45, 2.75) is 31.3 Å². The van der Waals surface area contributed by atoms with E-state index in [1.165, 1.54) is 0 Å². The summed E-state index contributed by atoms with van der Waals surface area (Å²) in [6.07, 6.45) is 1.89. The van der Waals surface area contributed by atoms with Crippen LogP contribution in [0.4, 0.5) is 4.79 Å². The zero-order valence-electron chi connectivity index (χ0n) is 13.1. The summed E-state index contributed by atoms with van der Waals surface area (Å²) in [6.45, 7) is 1.47. The van der Waals surface area contributed by atoms with Gasteiger partial charge in [0.1, 0.15) is 12.1 Å². The van der Waals surface area contributed by atoms with E-state index >= 15 is 0 Å². The Balaban J connectivity index is 1.55. The molecule has 24 heavy (non-hydrogen) atoms. The Morgan fingerprint density at radius 3 is 2.83 bits per heavy atom. The van der Waals surface area contributed by atoms with Crippen molar-refractivity contribution in [3.05, 3.63) is 23.8 Å². The van der Waals surface area contributed by atoms with Gasteiger partial charge in [-0.25, -0.2) is 4.79 Å². The fourth-order valence-corrected chi connectivity index (χ4v) is 2.89. The second-order valence-electron chi connectivity index (χ2n) is 6.36. The molecule has 1 saturated carbocycles. The van der Waals surface area contributed by atoms with E-state index in [0.717, 1.165) is 17.7 Å². The first-order valence-corrected chi connectivity index (χ1v) is 7.81. The quantitative estimate of drug-likeness (QED) is 0.781. The van der Waals surface area contributed by atoms with Gasteiger partial charge in [-0.3, -0.25) is 14.5 Å². The Bertz CT molecular complexity index is 745. The second kappa shape index (κ2) is 5.12. The van der Waals surface area contributed by atoms with Gasteiger partial charge in [0.05, 0.1) is 0 Å². The van der Waals surface area contributed by atoms with Crippen molar-refractivity contribution < 1.29 is 23.9 Å². The number of ether oxygens (including phenoxy) is 2. The molecule has 0 bridgehead atoms. The van der Waals surface area contributed by atoms with Crippen LogP contribution in [0.3, 0.4) is 0 Å². The third kappa shape index (κ3) is 2.34. The molecule has 1 aliphatic carbocycles. The number of carbonyl (C=O) groups excluding carboxylic acids is 3. The molecule has 126 valence electrons. The molecule has 2 aliphatic heterocycles. The minimum absolute atomic E-state index is 0.128. The molecule has 0 unspecified atom stereocenters. The van der Waals surface area contributed by atoms with Gasteiger partial charge >= 0.3 is 6.03 Å². The smallest absolute Gasteiger partial charge is 0.325 e. The molecule has 1 aromatic rings. The van der Waals surface area contributed by atoms with E-state index in [0.29, 0.717) is 17.1 Å². The Labute approximate surface area is 138 Å². The van der Waals surface area contributed by atoms with Crippen LogP contribution >= 0.6 is 0 Å². The highest BCUT2D eigenvalue weighted by molar-refractivity contribution is 6.09. The van der Waals surface area contributed by atoms with Crippen molar-refractivity contribution >= 4 is 17.8 Å². The largest absolute Gasteiger partial charge is 0.454 e. The van der Waals surface area contributed by atoms with Crippen molar-refractivity contribution in [2.75, 3.05) is 13.3 Å². The fourth-order valence-electron chi connectivity index (χ4n) is 2.89. The normalized spacial score (nSPS) is 25.0. The van der Waals surface area contributed by atoms with Crippen LogP contribution in [0.5, 0.6) is 11.5 Å². The van der Waals surface area contributed by atoms with E-state index in [1.54, 1.807) is 25.1 Å². The molecule has 4 amide bonds. The number of nitrogens with zero attached hydrogens (tertiary/aromatic N) is 1. The maximum atomic E-state index is 12.8. The summed E-state index contributed by atoms with van der Waals surface area (Å²) in [4.78, 5) is 37.8. The number of hydrogen-bond acceptors (Lipinski definition) is 5. The van der Waals surface area contributed by atoms with E-state index in [-0.39, 0.29) is 25.3 Å². The molecule has 1 aromatic carbocycles. The van der Waals surface area contributed by atoms with Crippen LogP contribution < -0.4 is 20.1 Å². The first-order valence-electron chi connectivity index (χ1n) is 7.81. The molecule has 0 radical (unpaired) electrons. The lowest BCUT2D eigenvalue weighted by molar-refractivity contribution is -0.134. The standard InChI is InChI=1S/C16H17N3O5/c1-16(9-2-5-11-12(6-9)24-8-23-11)14(21)19(15(22)18-16)7-13(20)17-10-3-4-10/h2,5-6,10H,3-4,7-8H2,1H3,(H,17,20)(H,18,22)/t16-/m1/s1. The Morgan fingerprint density at radius 1 is 1.33 bits per heavy atom. The lowest BCUT2D eigenvalue weighted by Crippen LogP contribution is -2.43. The number of urea groups is 1. The fraction of sp³-hybridized carbons (Fsp3) is 0.438. The summed E-state index contributed by atoms with van der Waals surface area (Å²) < 4.78 is 10.6. The van der Waals surface area contributed by atoms with Crippen LogP contribution in [0.15, 0.2) is 18.2 Å². The lowest BCUT2D eigenvalue weighted by atomic mass is 9.91. The molecule has 1 atom stereocenters. The van der Waals surface area contributed by atoms with Gasteiger partial charge in [-0.1, -0.05) is 6.07 Å². The zero-order chi connectivity index (χ0) is 16.9. The van der Waals surface area contributed by atoms with Crippen molar-refractivity contribution in [1.82, 2.24) is 15.5 Å². The van der Waals surface area contributed by atoms with Crippen LogP contribution in [0.25, 0.3) is 0 Å². The van der Waals surface area contributed by atoms with E-state index < -0.39 is 17.5 Å². The van der Waals surface area contributed by atoms with Gasteiger partial charge in [-0.2, -0.15) is 0 Å². The number of nitrogens with one attached hydrogen (secondary N) is 2. The molecule has 2 fully saturated rings. The highest BCUT2D eigenvalue weighted by atomic mass is 16.7. The van der Waals surface area contributed by atoms with E-state index in [2.05, 4.69) is 10.6 Å². The number of benzene rings is 1. The second-order valence-corrected chi connectivity index (χ2v) is 6.36. The molecule has 4 rings (SSSR count). The van der Waals surface area contributed by atoms with Gasteiger partial charge in [0.2, 0.25) is 12.7 Å². The van der Waals surface area contributed by atoms with Crippen LogP contribution in [0.1, 0.15) is 25.3 Å². The molecule has 0 spiro atoms. The average molecular weight is 331 g/mol. The molecule has 8 heteroatoms. The van der Waals surface area contributed by atoms with Gasteiger partial charge in [-0.15, -0.1) is 0 Å². The van der Waals surface area contributed by atoms with Crippen molar-refractivity contribution in [3.8, 4) is 11.5 Å². The first-order chi connectivity index (χ1) is 11.5. The van der Waals surface area contributed by atoms with E-state index in [1.807, 2.05) is 0 Å². The minimum Gasteiger partial charge on any atom is -0.454 e. The summed E-state index contributed by atoms with van der Waals surface area (Å²) in [5.74, 6) is 0.341. The van der Waals surface area contributed by atoms with Crippen LogP contribution in [-0.4, -0.2) is 42.1 Å². The molecule has 3 aliphatic rings. The molecule has 2 heterocycles. The maximum Gasteiger partial charge on any atom is 0.325 e. The summed E-state index contributed by atoms with van der Waals surface area (Å²) in [6, 6.07) is 4.68. The van der Waals surface area contributed by atoms with E-state index in [4.69, 9.17) is 9.47 Å². The van der Waals surface area contributed by atoms with Crippen molar-refractivity contribution in [2.24, 2.45) is 0 Å². The minimum atomic E-state index is -1.24. The maximum absolute atomic E-state index is 12.8. The number of rotatable bonds is 4. The van der Waals surface area contributed by atoms with Crippen LogP contribution in [0, 0.1) is 0 Å². The Kier molecular flexibility index (Phi) is 3.16. The highest BCUT2D eigenvalue weighted by Crippen LogP contribution is 2.37. The van der Waals surface area contributed by atoms with Crippen LogP contribution in [0.2, 0.25) is 0 Å². The third-order valence-corrected chi connectivity index (χ3v) is 4.47. The van der Waals surface area contributed by atoms with Crippen molar-refractivity contribution in [1.29, 1.82) is 0 Å². The Morgan fingerprint density at radius 2 is 2.08 bits per heavy atom. The van der Waals surface area contributed by atoms with E-state index in [9.17, 15) is 14.4 Å². The molecule has 0 aromatic heterocycles. The van der Waals surface area contributed by atoms with Gasteiger partial charge in [-0.05, 0) is 37.5 Å². The molecule has 2 N–H and O–H groups in total. The summed E-state index contributed by atoms with van der Waals surface area (Å²) in [5.41, 5.74) is -0.659. The lowest BCUT2D eigenvalue weighted by Gasteiger charge is -2.22. The Hall–Kier alpha value is -2.77. The molecular formula is C16H17N3O5. The van der Waals surface area contributed by atoms with Crippen LogP contribution in [-0.2, 0) is 15.1 Å².